The van der Waals surface area contributed by atoms with Crippen LogP contribution in [0.3, 0.4) is 0 Å². The van der Waals surface area contributed by atoms with Gasteiger partial charge in [0.05, 0.1) is 12.2 Å². The summed E-state index contributed by atoms with van der Waals surface area (Å²) in [5.74, 6) is -0.0150. The minimum atomic E-state index is -1.03. The SMILES string of the molecule is CSc1ccc2c(c1)C(=C1CCN(CC3C[C@@H](O)C(O)[C@@H](O)C3)CC1)c1ccc(F)cc1S2. The Morgan fingerprint density at radius 2 is 1.70 bits per heavy atom. The molecule has 0 aromatic heterocycles. The average molecular weight is 488 g/mol. The molecule has 5 rings (SSSR count). The average Bonchev–Trinajstić information content (AvgIpc) is 2.81. The van der Waals surface area contributed by atoms with Crippen molar-refractivity contribution in [3.63, 3.8) is 0 Å². The first-order chi connectivity index (χ1) is 15.9. The first-order valence-corrected chi connectivity index (χ1v) is 13.6. The summed E-state index contributed by atoms with van der Waals surface area (Å²) in [6.45, 7) is 2.67. The van der Waals surface area contributed by atoms with Gasteiger partial charge in [0, 0.05) is 34.3 Å². The van der Waals surface area contributed by atoms with Crippen molar-refractivity contribution >= 4 is 29.1 Å². The highest BCUT2D eigenvalue weighted by molar-refractivity contribution is 7.99. The normalized spacial score (nSPS) is 27.9. The second-order valence-electron chi connectivity index (χ2n) is 9.35. The number of thioether (sulfide) groups is 1. The van der Waals surface area contributed by atoms with E-state index in [9.17, 15) is 19.7 Å². The third kappa shape index (κ3) is 4.77. The van der Waals surface area contributed by atoms with Gasteiger partial charge in [-0.3, -0.25) is 0 Å². The minimum absolute atomic E-state index is 0.187. The van der Waals surface area contributed by atoms with Gasteiger partial charge >= 0.3 is 0 Å². The van der Waals surface area contributed by atoms with Crippen LogP contribution in [0.1, 0.15) is 36.8 Å². The summed E-state index contributed by atoms with van der Waals surface area (Å²) >= 11 is 3.38. The maximum Gasteiger partial charge on any atom is 0.124 e. The number of piperidine rings is 1. The van der Waals surface area contributed by atoms with E-state index >= 15 is 0 Å². The number of fused-ring (bicyclic) bond motifs is 2. The molecule has 2 aromatic carbocycles. The summed E-state index contributed by atoms with van der Waals surface area (Å²) in [5.41, 5.74) is 5.06. The predicted octanol–water partition coefficient (Wildman–Crippen LogP) is 4.40. The Balaban J connectivity index is 1.39. The van der Waals surface area contributed by atoms with Gasteiger partial charge in [-0.2, -0.15) is 0 Å². The highest BCUT2D eigenvalue weighted by Crippen LogP contribution is 2.48. The molecule has 176 valence electrons. The fourth-order valence-electron chi connectivity index (χ4n) is 5.44. The molecule has 0 bridgehead atoms. The second-order valence-corrected chi connectivity index (χ2v) is 11.3. The smallest absolute Gasteiger partial charge is 0.124 e. The lowest BCUT2D eigenvalue weighted by Gasteiger charge is -2.38. The molecule has 4 nitrogen and oxygen atoms in total. The summed E-state index contributed by atoms with van der Waals surface area (Å²) < 4.78 is 14.0. The standard InChI is InChI=1S/C26H30FNO3S2/c1-32-18-3-5-23-20(13-18)25(19-4-2-17(27)12-24(19)33-23)16-6-8-28(9-7-16)14-15-10-21(29)26(31)22(30)11-15/h2-5,12-13,15,21-22,26,29-31H,6-11,14H2,1H3/t15?,21-,22+,26?. The minimum Gasteiger partial charge on any atom is -0.390 e. The van der Waals surface area contributed by atoms with Crippen LogP contribution >= 0.6 is 23.5 Å². The number of aliphatic hydroxyl groups is 3. The maximum absolute atomic E-state index is 14.0. The van der Waals surface area contributed by atoms with E-state index in [1.54, 1.807) is 35.7 Å². The third-order valence-corrected chi connectivity index (χ3v) is 9.02. The van der Waals surface area contributed by atoms with E-state index in [-0.39, 0.29) is 11.7 Å². The summed E-state index contributed by atoms with van der Waals surface area (Å²) in [6.07, 6.45) is 2.32. The van der Waals surface area contributed by atoms with Crippen LogP contribution in [0, 0.1) is 11.7 Å². The number of hydrogen-bond acceptors (Lipinski definition) is 6. The van der Waals surface area contributed by atoms with Crippen molar-refractivity contribution in [1.29, 1.82) is 0 Å². The maximum atomic E-state index is 14.0. The van der Waals surface area contributed by atoms with Crippen molar-refractivity contribution in [3.05, 3.63) is 58.9 Å². The molecule has 0 amide bonds. The van der Waals surface area contributed by atoms with Crippen molar-refractivity contribution in [2.45, 2.75) is 58.7 Å². The zero-order valence-electron chi connectivity index (χ0n) is 18.7. The fourth-order valence-corrected chi connectivity index (χ4v) is 6.97. The molecular formula is C26H30FNO3S2. The van der Waals surface area contributed by atoms with Gasteiger partial charge in [0.25, 0.3) is 0 Å². The van der Waals surface area contributed by atoms with Crippen LogP contribution in [0.2, 0.25) is 0 Å². The number of likely N-dealkylation sites (tertiary alicyclic amines) is 1. The molecule has 3 N–H and O–H groups in total. The topological polar surface area (TPSA) is 63.9 Å². The Morgan fingerprint density at radius 3 is 2.39 bits per heavy atom. The Bertz CT molecular complexity index is 1050. The van der Waals surface area contributed by atoms with Gasteiger partial charge in [0.15, 0.2) is 0 Å². The van der Waals surface area contributed by atoms with Gasteiger partial charge in [0.2, 0.25) is 0 Å². The van der Waals surface area contributed by atoms with Crippen molar-refractivity contribution < 1.29 is 19.7 Å². The fraction of sp³-hybridized carbons (Fsp3) is 0.462. The lowest BCUT2D eigenvalue weighted by molar-refractivity contribution is -0.103. The number of hydrogen-bond donors (Lipinski definition) is 3. The van der Waals surface area contributed by atoms with Crippen LogP contribution in [0.25, 0.3) is 5.57 Å². The van der Waals surface area contributed by atoms with Gasteiger partial charge in [0.1, 0.15) is 11.9 Å². The summed E-state index contributed by atoms with van der Waals surface area (Å²) in [6, 6.07) is 11.7. The van der Waals surface area contributed by atoms with Crippen LogP contribution in [-0.2, 0) is 0 Å². The molecule has 2 unspecified atom stereocenters. The zero-order chi connectivity index (χ0) is 23.1. The highest BCUT2D eigenvalue weighted by Gasteiger charge is 2.36. The first-order valence-electron chi connectivity index (χ1n) is 11.6. The van der Waals surface area contributed by atoms with Crippen molar-refractivity contribution in [1.82, 2.24) is 4.90 Å². The third-order valence-electron chi connectivity index (χ3n) is 7.16. The number of aliphatic hydroxyl groups excluding tert-OH is 3. The van der Waals surface area contributed by atoms with Gasteiger partial charge in [-0.15, -0.1) is 11.8 Å². The molecule has 2 fully saturated rings. The van der Waals surface area contributed by atoms with Gasteiger partial charge < -0.3 is 20.2 Å². The molecule has 1 aliphatic carbocycles. The van der Waals surface area contributed by atoms with E-state index in [1.807, 2.05) is 6.07 Å². The number of rotatable bonds is 3. The number of nitrogens with zero attached hydrogens (tertiary/aromatic N) is 1. The van der Waals surface area contributed by atoms with Crippen molar-refractivity contribution in [2.24, 2.45) is 5.92 Å². The lowest BCUT2D eigenvalue weighted by atomic mass is 9.82. The first kappa shape index (κ1) is 23.4. The quantitative estimate of drug-likeness (QED) is 0.476. The monoisotopic (exact) mass is 487 g/mol. The molecular weight excluding hydrogens is 457 g/mol. The van der Waals surface area contributed by atoms with E-state index in [0.717, 1.165) is 42.9 Å². The number of halogens is 1. The Labute approximate surface area is 202 Å². The van der Waals surface area contributed by atoms with E-state index in [4.69, 9.17) is 0 Å². The molecule has 1 saturated carbocycles. The van der Waals surface area contributed by atoms with Crippen LogP contribution in [0.5, 0.6) is 0 Å². The van der Waals surface area contributed by atoms with Gasteiger partial charge in [-0.25, -0.2) is 4.39 Å². The molecule has 33 heavy (non-hydrogen) atoms. The summed E-state index contributed by atoms with van der Waals surface area (Å²) in [7, 11) is 0. The lowest BCUT2D eigenvalue weighted by Crippen LogP contribution is -2.47. The van der Waals surface area contributed by atoms with Crippen LogP contribution in [0.4, 0.5) is 4.39 Å². The highest BCUT2D eigenvalue weighted by atomic mass is 32.2. The van der Waals surface area contributed by atoms with Crippen LogP contribution in [0.15, 0.2) is 56.7 Å². The second kappa shape index (κ2) is 9.72. The molecule has 3 aliphatic rings. The molecule has 2 aliphatic heterocycles. The molecule has 2 aromatic rings. The molecule has 0 radical (unpaired) electrons. The van der Waals surface area contributed by atoms with Gasteiger partial charge in [-0.1, -0.05) is 23.4 Å². The number of benzene rings is 2. The van der Waals surface area contributed by atoms with Crippen molar-refractivity contribution in [3.8, 4) is 0 Å². The largest absolute Gasteiger partial charge is 0.390 e. The predicted molar refractivity (Wildman–Crippen MR) is 131 cm³/mol. The molecule has 4 atom stereocenters. The van der Waals surface area contributed by atoms with E-state index in [1.165, 1.54) is 26.5 Å². The Kier molecular flexibility index (Phi) is 6.89. The molecule has 2 heterocycles. The summed E-state index contributed by atoms with van der Waals surface area (Å²) in [5, 5.41) is 29.9. The van der Waals surface area contributed by atoms with Gasteiger partial charge in [-0.05, 0) is 84.9 Å². The van der Waals surface area contributed by atoms with Crippen molar-refractivity contribution in [2.75, 3.05) is 25.9 Å². The molecule has 0 spiro atoms. The van der Waals surface area contributed by atoms with Crippen LogP contribution in [-0.4, -0.2) is 64.4 Å². The van der Waals surface area contributed by atoms with E-state index in [0.29, 0.717) is 12.8 Å². The molecule has 1 saturated heterocycles. The van der Waals surface area contributed by atoms with Crippen LogP contribution < -0.4 is 0 Å². The van der Waals surface area contributed by atoms with E-state index in [2.05, 4.69) is 29.4 Å². The molecule has 7 heteroatoms. The summed E-state index contributed by atoms with van der Waals surface area (Å²) in [4.78, 5) is 5.80. The van der Waals surface area contributed by atoms with E-state index < -0.39 is 18.3 Å². The Hall–Kier alpha value is -1.35. The zero-order valence-corrected chi connectivity index (χ0v) is 20.3. The Morgan fingerprint density at radius 1 is 0.970 bits per heavy atom.